The van der Waals surface area contributed by atoms with E-state index >= 15 is 0 Å². The van der Waals surface area contributed by atoms with Crippen LogP contribution < -0.4 is 11.1 Å². The number of benzene rings is 2. The fraction of sp³-hybridized carbons (Fsp3) is 0.444. The van der Waals surface area contributed by atoms with Crippen molar-refractivity contribution in [2.75, 3.05) is 19.7 Å². The van der Waals surface area contributed by atoms with Crippen molar-refractivity contribution in [3.05, 3.63) is 71.8 Å². The summed E-state index contributed by atoms with van der Waals surface area (Å²) in [6.07, 6.45) is 1.07. The van der Waals surface area contributed by atoms with Gasteiger partial charge in [-0.15, -0.1) is 0 Å². The van der Waals surface area contributed by atoms with E-state index in [1.807, 2.05) is 60.7 Å². The van der Waals surface area contributed by atoms with Gasteiger partial charge in [0.15, 0.2) is 0 Å². The summed E-state index contributed by atoms with van der Waals surface area (Å²) in [5, 5.41) is 2.77. The molecule has 7 nitrogen and oxygen atoms in total. The summed E-state index contributed by atoms with van der Waals surface area (Å²) in [5.74, 6) is -0.545. The van der Waals surface area contributed by atoms with Crippen LogP contribution in [0.25, 0.3) is 0 Å². The Morgan fingerprint density at radius 3 is 2.12 bits per heavy atom. The van der Waals surface area contributed by atoms with Crippen molar-refractivity contribution < 1.29 is 19.1 Å². The molecule has 0 bridgehead atoms. The van der Waals surface area contributed by atoms with Crippen molar-refractivity contribution in [3.63, 3.8) is 0 Å². The Morgan fingerprint density at radius 2 is 1.59 bits per heavy atom. The highest BCUT2D eigenvalue weighted by atomic mass is 16.5. The Balaban J connectivity index is 1.70. The number of amides is 2. The molecule has 1 aliphatic rings. The highest BCUT2D eigenvalue weighted by Crippen LogP contribution is 2.36. The number of carbonyl (C=O) groups is 3. The van der Waals surface area contributed by atoms with Crippen LogP contribution in [0.4, 0.5) is 0 Å². The molecule has 3 N–H and O–H groups in total. The van der Waals surface area contributed by atoms with Crippen molar-refractivity contribution in [2.45, 2.75) is 57.2 Å². The van der Waals surface area contributed by atoms with Crippen molar-refractivity contribution in [1.29, 1.82) is 0 Å². The molecule has 0 spiro atoms. The van der Waals surface area contributed by atoms with E-state index in [1.54, 1.807) is 25.7 Å². The number of ether oxygens (including phenoxy) is 1. The third kappa shape index (κ3) is 6.10. The largest absolute Gasteiger partial charge is 0.374 e. The highest BCUT2D eigenvalue weighted by Gasteiger charge is 2.42. The molecule has 0 saturated carbocycles. The second kappa shape index (κ2) is 10.9. The summed E-state index contributed by atoms with van der Waals surface area (Å²) >= 11 is 0. The van der Waals surface area contributed by atoms with E-state index in [2.05, 4.69) is 5.32 Å². The SMILES string of the molecule is CC(=O)C1(c2ccccc2)CCN(C(=O)[C@@H](COCc2ccccc2)NC(=O)C(C)(C)N)CC1. The molecule has 1 aliphatic heterocycles. The van der Waals surface area contributed by atoms with Gasteiger partial charge in [-0.05, 0) is 44.7 Å². The molecule has 34 heavy (non-hydrogen) atoms. The molecule has 1 heterocycles. The van der Waals surface area contributed by atoms with Crippen LogP contribution in [-0.4, -0.2) is 53.8 Å². The van der Waals surface area contributed by atoms with Gasteiger partial charge in [-0.25, -0.2) is 0 Å². The maximum absolute atomic E-state index is 13.4. The fourth-order valence-corrected chi connectivity index (χ4v) is 4.32. The van der Waals surface area contributed by atoms with E-state index in [0.717, 1.165) is 11.1 Å². The molecule has 182 valence electrons. The molecule has 1 saturated heterocycles. The molecule has 1 atom stereocenters. The lowest BCUT2D eigenvalue weighted by molar-refractivity contribution is -0.142. The lowest BCUT2D eigenvalue weighted by atomic mass is 9.70. The normalized spacial score (nSPS) is 16.5. The summed E-state index contributed by atoms with van der Waals surface area (Å²) in [5.41, 5.74) is 6.18. The molecule has 1 fully saturated rings. The van der Waals surface area contributed by atoms with Gasteiger partial charge in [0.05, 0.1) is 24.2 Å². The average Bonchev–Trinajstić information content (AvgIpc) is 2.83. The lowest BCUT2D eigenvalue weighted by Crippen LogP contribution is -2.59. The van der Waals surface area contributed by atoms with Gasteiger partial charge in [0.25, 0.3) is 0 Å². The van der Waals surface area contributed by atoms with Crippen molar-refractivity contribution in [1.82, 2.24) is 10.2 Å². The summed E-state index contributed by atoms with van der Waals surface area (Å²) in [7, 11) is 0. The molecule has 2 aromatic rings. The van der Waals surface area contributed by atoms with Crippen molar-refractivity contribution >= 4 is 17.6 Å². The molecule has 7 heteroatoms. The third-order valence-corrected chi connectivity index (χ3v) is 6.51. The first-order valence-electron chi connectivity index (χ1n) is 11.7. The summed E-state index contributed by atoms with van der Waals surface area (Å²) in [6.45, 7) is 6.01. The van der Waals surface area contributed by atoms with Gasteiger partial charge in [-0.1, -0.05) is 60.7 Å². The highest BCUT2D eigenvalue weighted by molar-refractivity contribution is 5.92. The average molecular weight is 466 g/mol. The smallest absolute Gasteiger partial charge is 0.247 e. The van der Waals surface area contributed by atoms with Crippen LogP contribution in [-0.2, 0) is 31.1 Å². The Morgan fingerprint density at radius 1 is 1.03 bits per heavy atom. The second-order valence-corrected chi connectivity index (χ2v) is 9.58. The van der Waals surface area contributed by atoms with Crippen LogP contribution in [0.2, 0.25) is 0 Å². The predicted octanol–water partition coefficient (Wildman–Crippen LogP) is 2.57. The van der Waals surface area contributed by atoms with Crippen LogP contribution >= 0.6 is 0 Å². The number of rotatable bonds is 9. The van der Waals surface area contributed by atoms with Gasteiger partial charge in [0.2, 0.25) is 11.8 Å². The van der Waals surface area contributed by atoms with Crippen LogP contribution in [0.15, 0.2) is 60.7 Å². The first-order chi connectivity index (χ1) is 16.1. The monoisotopic (exact) mass is 465 g/mol. The summed E-state index contributed by atoms with van der Waals surface area (Å²) < 4.78 is 5.80. The zero-order chi connectivity index (χ0) is 24.8. The van der Waals surface area contributed by atoms with Crippen LogP contribution in [0.5, 0.6) is 0 Å². The van der Waals surface area contributed by atoms with Gasteiger partial charge >= 0.3 is 0 Å². The molecule has 3 rings (SSSR count). The number of ketones is 1. The molecule has 0 unspecified atom stereocenters. The number of nitrogens with two attached hydrogens (primary N) is 1. The number of nitrogens with zero attached hydrogens (tertiary/aromatic N) is 1. The zero-order valence-corrected chi connectivity index (χ0v) is 20.3. The summed E-state index contributed by atoms with van der Waals surface area (Å²) in [4.78, 5) is 40.4. The molecule has 0 aliphatic carbocycles. The minimum Gasteiger partial charge on any atom is -0.374 e. The van der Waals surface area contributed by atoms with Crippen LogP contribution in [0.3, 0.4) is 0 Å². The number of Topliss-reactive ketones (excluding diaryl/α,β-unsaturated/α-hetero) is 1. The minimum absolute atomic E-state index is 0.0303. The lowest BCUT2D eigenvalue weighted by Gasteiger charge is -2.41. The van der Waals surface area contributed by atoms with Gasteiger partial charge in [-0.2, -0.15) is 0 Å². The first-order valence-corrected chi connectivity index (χ1v) is 11.7. The molecule has 2 aromatic carbocycles. The van der Waals surface area contributed by atoms with Crippen molar-refractivity contribution in [3.8, 4) is 0 Å². The standard InChI is InChI=1S/C27H35N3O4/c1-20(31)27(22-12-8-5-9-13-22)14-16-30(17-15-27)24(32)23(29-25(33)26(2,3)28)19-34-18-21-10-6-4-7-11-21/h4-13,23H,14-19,28H2,1-3H3,(H,29,33)/t23-/m1/s1. The van der Waals surface area contributed by atoms with Gasteiger partial charge < -0.3 is 20.7 Å². The number of piperidine rings is 1. The van der Waals surface area contributed by atoms with Crippen LogP contribution in [0, 0.1) is 0 Å². The molecular weight excluding hydrogens is 430 g/mol. The summed E-state index contributed by atoms with van der Waals surface area (Å²) in [6, 6.07) is 18.5. The van der Waals surface area contributed by atoms with E-state index in [1.165, 1.54) is 0 Å². The van der Waals surface area contributed by atoms with E-state index in [4.69, 9.17) is 10.5 Å². The van der Waals surface area contributed by atoms with Gasteiger partial charge in [-0.3, -0.25) is 14.4 Å². The van der Waals surface area contributed by atoms with E-state index in [9.17, 15) is 14.4 Å². The maximum atomic E-state index is 13.4. The number of carbonyl (C=O) groups excluding carboxylic acids is 3. The first kappa shape index (κ1) is 25.6. The Bertz CT molecular complexity index is 978. The topological polar surface area (TPSA) is 102 Å². The Hall–Kier alpha value is -3.03. The second-order valence-electron chi connectivity index (χ2n) is 9.58. The predicted molar refractivity (Wildman–Crippen MR) is 131 cm³/mol. The zero-order valence-electron chi connectivity index (χ0n) is 20.3. The van der Waals surface area contributed by atoms with Gasteiger partial charge in [0, 0.05) is 13.1 Å². The van der Waals surface area contributed by atoms with Crippen molar-refractivity contribution in [2.24, 2.45) is 5.73 Å². The number of nitrogens with one attached hydrogen (secondary N) is 1. The van der Waals surface area contributed by atoms with E-state index in [-0.39, 0.29) is 18.3 Å². The fourth-order valence-electron chi connectivity index (χ4n) is 4.32. The number of hydrogen-bond donors (Lipinski definition) is 2. The van der Waals surface area contributed by atoms with E-state index < -0.39 is 22.9 Å². The Kier molecular flexibility index (Phi) is 8.23. The van der Waals surface area contributed by atoms with Crippen LogP contribution in [0.1, 0.15) is 44.7 Å². The maximum Gasteiger partial charge on any atom is 0.247 e. The number of hydrogen-bond acceptors (Lipinski definition) is 5. The van der Waals surface area contributed by atoms with Gasteiger partial charge in [0.1, 0.15) is 11.8 Å². The quantitative estimate of drug-likeness (QED) is 0.593. The minimum atomic E-state index is -1.13. The van der Waals surface area contributed by atoms with E-state index in [0.29, 0.717) is 32.5 Å². The Labute approximate surface area is 201 Å². The third-order valence-electron chi connectivity index (χ3n) is 6.51. The number of likely N-dealkylation sites (tertiary alicyclic amines) is 1. The molecular formula is C27H35N3O4. The molecule has 0 aromatic heterocycles. The molecule has 0 radical (unpaired) electrons. The molecule has 2 amide bonds.